The highest BCUT2D eigenvalue weighted by Crippen LogP contribution is 2.34. The van der Waals surface area contributed by atoms with Crippen molar-refractivity contribution in [3.05, 3.63) is 50.2 Å². The van der Waals surface area contributed by atoms with Gasteiger partial charge in [-0.3, -0.25) is 13.9 Å². The first-order valence-electron chi connectivity index (χ1n) is 7.92. The Balaban J connectivity index is 1.98. The van der Waals surface area contributed by atoms with E-state index in [9.17, 15) is 14.7 Å². The summed E-state index contributed by atoms with van der Waals surface area (Å²) in [7, 11) is 5.89. The van der Waals surface area contributed by atoms with Gasteiger partial charge in [0.1, 0.15) is 17.1 Å². The van der Waals surface area contributed by atoms with Gasteiger partial charge in [0.25, 0.3) is 5.56 Å². The zero-order valence-electron chi connectivity index (χ0n) is 14.9. The lowest BCUT2D eigenvalue weighted by molar-refractivity contribution is 0.386. The number of ether oxygens (including phenoxy) is 2. The molecule has 9 heteroatoms. The number of hydrogen-bond donors (Lipinski definition) is 2. The highest BCUT2D eigenvalue weighted by atomic mass is 16.5. The number of nitrogens with zero attached hydrogens (tertiary/aromatic N) is 3. The molecule has 1 atom stereocenters. The third-order valence-corrected chi connectivity index (χ3v) is 4.49. The van der Waals surface area contributed by atoms with E-state index >= 15 is 0 Å². The quantitative estimate of drug-likeness (QED) is 0.809. The van der Waals surface area contributed by atoms with Gasteiger partial charge in [0, 0.05) is 32.1 Å². The normalized spacial score (nSPS) is 16.2. The molecule has 9 nitrogen and oxygen atoms in total. The van der Waals surface area contributed by atoms with Crippen LogP contribution in [0.3, 0.4) is 0 Å². The van der Waals surface area contributed by atoms with Crippen molar-refractivity contribution in [2.45, 2.75) is 12.5 Å². The van der Waals surface area contributed by atoms with Crippen LogP contribution >= 0.6 is 0 Å². The minimum absolute atomic E-state index is 0.0112. The van der Waals surface area contributed by atoms with Crippen molar-refractivity contribution in [3.63, 3.8) is 0 Å². The first-order chi connectivity index (χ1) is 12.4. The third kappa shape index (κ3) is 2.71. The van der Waals surface area contributed by atoms with Gasteiger partial charge in [0.15, 0.2) is 0 Å². The predicted octanol–water partition coefficient (Wildman–Crippen LogP) is 0.246. The molecule has 1 aromatic carbocycles. The van der Waals surface area contributed by atoms with Crippen LogP contribution in [0.25, 0.3) is 0 Å². The van der Waals surface area contributed by atoms with E-state index in [2.05, 4.69) is 10.5 Å². The molecule has 138 valence electrons. The standard InChI is InChI=1S/C17H20N4O5/c1-20-15(22)14(16(23)21(2)17(20)24)12-8-11(18-19-12)10-6-5-9(25-3)7-13(10)26-4/h5-7,11,18,22H,8H2,1-4H3. The maximum Gasteiger partial charge on any atom is 0.333 e. The molecule has 0 fully saturated rings. The molecule has 0 saturated heterocycles. The Bertz CT molecular complexity index is 1010. The van der Waals surface area contributed by atoms with Crippen LogP contribution in [0.2, 0.25) is 0 Å². The first-order valence-corrected chi connectivity index (χ1v) is 7.92. The Morgan fingerprint density at radius 3 is 2.58 bits per heavy atom. The second kappa shape index (κ2) is 6.58. The second-order valence-corrected chi connectivity index (χ2v) is 5.96. The van der Waals surface area contributed by atoms with Crippen LogP contribution in [0.5, 0.6) is 17.4 Å². The molecule has 2 heterocycles. The van der Waals surface area contributed by atoms with E-state index in [1.54, 1.807) is 26.4 Å². The Hall–Kier alpha value is -3.23. The fourth-order valence-electron chi connectivity index (χ4n) is 2.97. The van der Waals surface area contributed by atoms with Crippen LogP contribution in [0.4, 0.5) is 0 Å². The van der Waals surface area contributed by atoms with E-state index in [0.717, 1.165) is 14.7 Å². The van der Waals surface area contributed by atoms with Gasteiger partial charge >= 0.3 is 5.69 Å². The average Bonchev–Trinajstić information content (AvgIpc) is 3.13. The summed E-state index contributed by atoms with van der Waals surface area (Å²) in [5.41, 5.74) is 3.00. The molecule has 0 amide bonds. The summed E-state index contributed by atoms with van der Waals surface area (Å²) < 4.78 is 12.6. The van der Waals surface area contributed by atoms with Gasteiger partial charge in [-0.25, -0.2) is 4.79 Å². The van der Waals surface area contributed by atoms with E-state index < -0.39 is 17.1 Å². The van der Waals surface area contributed by atoms with Crippen molar-refractivity contribution in [2.24, 2.45) is 19.2 Å². The van der Waals surface area contributed by atoms with E-state index in [1.165, 1.54) is 14.1 Å². The summed E-state index contributed by atoms with van der Waals surface area (Å²) in [6.07, 6.45) is 0.351. The van der Waals surface area contributed by atoms with Crippen molar-refractivity contribution < 1.29 is 14.6 Å². The Labute approximate surface area is 149 Å². The lowest BCUT2D eigenvalue weighted by atomic mass is 9.99. The molecule has 1 aliphatic rings. The number of hydrazone groups is 1. The number of rotatable bonds is 4. The fourth-order valence-corrected chi connectivity index (χ4v) is 2.97. The van der Waals surface area contributed by atoms with Gasteiger partial charge in [-0.1, -0.05) is 0 Å². The van der Waals surface area contributed by atoms with Crippen molar-refractivity contribution in [1.82, 2.24) is 14.6 Å². The lowest BCUT2D eigenvalue weighted by Crippen LogP contribution is -2.39. The molecule has 0 saturated carbocycles. The molecule has 2 aromatic rings. The molecule has 2 N–H and O–H groups in total. The summed E-state index contributed by atoms with van der Waals surface area (Å²) >= 11 is 0. The maximum atomic E-state index is 12.4. The molecule has 26 heavy (non-hydrogen) atoms. The van der Waals surface area contributed by atoms with E-state index in [1.807, 2.05) is 6.07 Å². The maximum absolute atomic E-state index is 12.4. The van der Waals surface area contributed by atoms with E-state index in [0.29, 0.717) is 23.6 Å². The number of aromatic hydroxyl groups is 1. The Kier molecular flexibility index (Phi) is 4.45. The summed E-state index contributed by atoms with van der Waals surface area (Å²) in [6, 6.07) is 5.18. The number of hydrogen-bond acceptors (Lipinski definition) is 7. The highest BCUT2D eigenvalue weighted by Gasteiger charge is 2.29. The molecule has 0 aliphatic carbocycles. The number of nitrogens with one attached hydrogen (secondary N) is 1. The predicted molar refractivity (Wildman–Crippen MR) is 95.2 cm³/mol. The number of methoxy groups -OCH3 is 2. The van der Waals surface area contributed by atoms with Crippen LogP contribution in [-0.2, 0) is 14.1 Å². The molecule has 3 rings (SSSR count). The second-order valence-electron chi connectivity index (χ2n) is 5.96. The first kappa shape index (κ1) is 17.6. The fraction of sp³-hybridized carbons (Fsp3) is 0.353. The molecule has 0 spiro atoms. The van der Waals surface area contributed by atoms with Gasteiger partial charge in [-0.2, -0.15) is 5.10 Å². The summed E-state index contributed by atoms with van der Waals surface area (Å²) in [6.45, 7) is 0. The molecule has 1 unspecified atom stereocenters. The largest absolute Gasteiger partial charge is 0.497 e. The lowest BCUT2D eigenvalue weighted by Gasteiger charge is -2.15. The van der Waals surface area contributed by atoms with Crippen LogP contribution in [0, 0.1) is 0 Å². The summed E-state index contributed by atoms with van der Waals surface area (Å²) in [5, 5.41) is 14.5. The summed E-state index contributed by atoms with van der Waals surface area (Å²) in [5.74, 6) is 0.881. The summed E-state index contributed by atoms with van der Waals surface area (Å²) in [4.78, 5) is 24.3. The van der Waals surface area contributed by atoms with Gasteiger partial charge in [0.2, 0.25) is 5.88 Å². The highest BCUT2D eigenvalue weighted by molar-refractivity contribution is 6.03. The molecule has 0 radical (unpaired) electrons. The van der Waals surface area contributed by atoms with Crippen molar-refractivity contribution in [3.8, 4) is 17.4 Å². The van der Waals surface area contributed by atoms with Crippen LogP contribution in [0.1, 0.15) is 23.6 Å². The minimum atomic E-state index is -0.601. The smallest absolute Gasteiger partial charge is 0.333 e. The molecular formula is C17H20N4O5. The van der Waals surface area contributed by atoms with E-state index in [4.69, 9.17) is 9.47 Å². The monoisotopic (exact) mass is 360 g/mol. The molecule has 1 aromatic heterocycles. The van der Waals surface area contributed by atoms with Crippen LogP contribution < -0.4 is 26.1 Å². The van der Waals surface area contributed by atoms with Crippen molar-refractivity contribution in [2.75, 3.05) is 14.2 Å². The number of benzene rings is 1. The Morgan fingerprint density at radius 2 is 1.92 bits per heavy atom. The zero-order valence-corrected chi connectivity index (χ0v) is 14.9. The van der Waals surface area contributed by atoms with E-state index in [-0.39, 0.29) is 11.6 Å². The van der Waals surface area contributed by atoms with Gasteiger partial charge in [0.05, 0.1) is 26.0 Å². The number of aromatic nitrogens is 2. The molecule has 0 bridgehead atoms. The van der Waals surface area contributed by atoms with Crippen LogP contribution in [-0.4, -0.2) is 34.2 Å². The SMILES string of the molecule is COc1ccc(C2CC(c3c(O)n(C)c(=O)n(C)c3=O)=NN2)c(OC)c1. The molecule has 1 aliphatic heterocycles. The van der Waals surface area contributed by atoms with Gasteiger partial charge in [-0.05, 0) is 12.1 Å². The van der Waals surface area contributed by atoms with Crippen molar-refractivity contribution in [1.29, 1.82) is 0 Å². The van der Waals surface area contributed by atoms with Gasteiger partial charge < -0.3 is 20.0 Å². The van der Waals surface area contributed by atoms with Crippen LogP contribution in [0.15, 0.2) is 32.9 Å². The molecular weight excluding hydrogens is 340 g/mol. The topological polar surface area (TPSA) is 107 Å². The average molecular weight is 360 g/mol. The minimum Gasteiger partial charge on any atom is -0.497 e. The zero-order chi connectivity index (χ0) is 19.0. The Morgan fingerprint density at radius 1 is 1.19 bits per heavy atom. The van der Waals surface area contributed by atoms with Crippen molar-refractivity contribution >= 4 is 5.71 Å². The third-order valence-electron chi connectivity index (χ3n) is 4.49. The van der Waals surface area contributed by atoms with Gasteiger partial charge in [-0.15, -0.1) is 0 Å².